The lowest BCUT2D eigenvalue weighted by Gasteiger charge is -2.10. The number of benzene rings is 1. The number of amides is 1. The third-order valence-corrected chi connectivity index (χ3v) is 2.93. The van der Waals surface area contributed by atoms with Gasteiger partial charge in [-0.05, 0) is 25.0 Å². The quantitative estimate of drug-likeness (QED) is 0.704. The average Bonchev–Trinajstić information content (AvgIpc) is 2.32. The Hall–Kier alpha value is -1.26. The number of aliphatic hydroxyl groups excluding tert-OH is 1. The Labute approximate surface area is 106 Å². The molecule has 17 heavy (non-hydrogen) atoms. The maximum absolute atomic E-state index is 11.8. The molecule has 0 aromatic heterocycles. The van der Waals surface area contributed by atoms with Crippen molar-refractivity contribution in [2.75, 3.05) is 12.3 Å². The van der Waals surface area contributed by atoms with Gasteiger partial charge in [0.25, 0.3) is 5.91 Å². The monoisotopic (exact) mass is 256 g/mol. The SMILES string of the molecule is CCC(O)CCNC(=O)c1cccc(N)c1Cl. The lowest BCUT2D eigenvalue weighted by atomic mass is 10.1. The molecule has 0 saturated heterocycles. The molecule has 1 unspecified atom stereocenters. The Morgan fingerprint density at radius 2 is 2.29 bits per heavy atom. The molecule has 0 aliphatic heterocycles. The minimum Gasteiger partial charge on any atom is -0.398 e. The number of rotatable bonds is 5. The normalized spacial score (nSPS) is 12.2. The highest BCUT2D eigenvalue weighted by atomic mass is 35.5. The molecule has 0 radical (unpaired) electrons. The first kappa shape index (κ1) is 13.8. The molecule has 0 bridgehead atoms. The summed E-state index contributed by atoms with van der Waals surface area (Å²) in [7, 11) is 0. The van der Waals surface area contributed by atoms with E-state index in [2.05, 4.69) is 5.32 Å². The van der Waals surface area contributed by atoms with Crippen LogP contribution in [-0.4, -0.2) is 23.7 Å². The molecule has 0 fully saturated rings. The highest BCUT2D eigenvalue weighted by Crippen LogP contribution is 2.22. The van der Waals surface area contributed by atoms with Gasteiger partial charge in [-0.15, -0.1) is 0 Å². The van der Waals surface area contributed by atoms with Crippen molar-refractivity contribution < 1.29 is 9.90 Å². The van der Waals surface area contributed by atoms with Crippen LogP contribution < -0.4 is 11.1 Å². The summed E-state index contributed by atoms with van der Waals surface area (Å²) < 4.78 is 0. The van der Waals surface area contributed by atoms with Crippen LogP contribution >= 0.6 is 11.6 Å². The molecule has 4 nitrogen and oxygen atoms in total. The van der Waals surface area contributed by atoms with Crippen LogP contribution in [0.25, 0.3) is 0 Å². The number of halogens is 1. The van der Waals surface area contributed by atoms with E-state index in [0.29, 0.717) is 30.6 Å². The van der Waals surface area contributed by atoms with Crippen molar-refractivity contribution in [3.05, 3.63) is 28.8 Å². The van der Waals surface area contributed by atoms with Crippen LogP contribution in [0.15, 0.2) is 18.2 Å². The summed E-state index contributed by atoms with van der Waals surface area (Å²) in [6, 6.07) is 4.93. The molecule has 0 heterocycles. The molecule has 1 aromatic rings. The third kappa shape index (κ3) is 3.91. The van der Waals surface area contributed by atoms with E-state index in [4.69, 9.17) is 17.3 Å². The lowest BCUT2D eigenvalue weighted by Crippen LogP contribution is -2.27. The van der Waals surface area contributed by atoms with Gasteiger partial charge in [0, 0.05) is 6.54 Å². The fraction of sp³-hybridized carbons (Fsp3) is 0.417. The number of nitrogens with two attached hydrogens (primary N) is 1. The summed E-state index contributed by atoms with van der Waals surface area (Å²) >= 11 is 5.92. The van der Waals surface area contributed by atoms with Crippen LogP contribution in [-0.2, 0) is 0 Å². The number of carbonyl (C=O) groups excluding carboxylic acids is 1. The second-order valence-electron chi connectivity index (χ2n) is 3.82. The van der Waals surface area contributed by atoms with Gasteiger partial charge in [-0.3, -0.25) is 4.79 Å². The topological polar surface area (TPSA) is 75.3 Å². The summed E-state index contributed by atoms with van der Waals surface area (Å²) in [6.07, 6.45) is 0.823. The van der Waals surface area contributed by atoms with E-state index in [1.165, 1.54) is 0 Å². The van der Waals surface area contributed by atoms with Crippen molar-refractivity contribution in [1.29, 1.82) is 0 Å². The molecule has 94 valence electrons. The number of carbonyl (C=O) groups is 1. The van der Waals surface area contributed by atoms with Gasteiger partial charge in [0.2, 0.25) is 0 Å². The standard InChI is InChI=1S/C12H17ClN2O2/c1-2-8(16)6-7-15-12(17)9-4-3-5-10(14)11(9)13/h3-5,8,16H,2,6-7,14H2,1H3,(H,15,17). The van der Waals surface area contributed by atoms with Crippen LogP contribution in [0.3, 0.4) is 0 Å². The van der Waals surface area contributed by atoms with E-state index in [9.17, 15) is 9.90 Å². The van der Waals surface area contributed by atoms with E-state index >= 15 is 0 Å². The van der Waals surface area contributed by atoms with Gasteiger partial charge in [0.1, 0.15) is 0 Å². The predicted molar refractivity (Wildman–Crippen MR) is 69.1 cm³/mol. The molecule has 0 aliphatic rings. The number of anilines is 1. The van der Waals surface area contributed by atoms with E-state index in [1.807, 2.05) is 6.92 Å². The smallest absolute Gasteiger partial charge is 0.252 e. The van der Waals surface area contributed by atoms with E-state index in [1.54, 1.807) is 18.2 Å². The number of nitrogens with one attached hydrogen (secondary N) is 1. The molecule has 0 spiro atoms. The number of hydrogen-bond acceptors (Lipinski definition) is 3. The average molecular weight is 257 g/mol. The lowest BCUT2D eigenvalue weighted by molar-refractivity contribution is 0.0942. The van der Waals surface area contributed by atoms with Crippen molar-refractivity contribution in [2.45, 2.75) is 25.9 Å². The van der Waals surface area contributed by atoms with E-state index < -0.39 is 0 Å². The fourth-order valence-corrected chi connectivity index (χ4v) is 1.59. The van der Waals surface area contributed by atoms with Crippen LogP contribution in [0.5, 0.6) is 0 Å². The Balaban J connectivity index is 2.56. The Morgan fingerprint density at radius 1 is 1.59 bits per heavy atom. The molecule has 0 aliphatic carbocycles. The van der Waals surface area contributed by atoms with Crippen molar-refractivity contribution >= 4 is 23.2 Å². The van der Waals surface area contributed by atoms with Gasteiger partial charge >= 0.3 is 0 Å². The first-order valence-electron chi connectivity index (χ1n) is 5.56. The van der Waals surface area contributed by atoms with Crippen LogP contribution in [0.2, 0.25) is 5.02 Å². The Bertz CT molecular complexity index is 396. The number of nitrogen functional groups attached to an aromatic ring is 1. The fourth-order valence-electron chi connectivity index (χ4n) is 1.38. The van der Waals surface area contributed by atoms with Gasteiger partial charge in [-0.25, -0.2) is 0 Å². The zero-order valence-electron chi connectivity index (χ0n) is 9.74. The van der Waals surface area contributed by atoms with Gasteiger partial charge in [0.15, 0.2) is 0 Å². The second kappa shape index (κ2) is 6.47. The molecule has 0 saturated carbocycles. The summed E-state index contributed by atoms with van der Waals surface area (Å²) in [6.45, 7) is 2.31. The summed E-state index contributed by atoms with van der Waals surface area (Å²) in [5.41, 5.74) is 6.35. The van der Waals surface area contributed by atoms with Gasteiger partial charge < -0.3 is 16.2 Å². The van der Waals surface area contributed by atoms with Gasteiger partial charge in [0.05, 0.1) is 22.4 Å². The number of hydrogen-bond donors (Lipinski definition) is 3. The maximum Gasteiger partial charge on any atom is 0.252 e. The minimum atomic E-state index is -0.383. The molecule has 1 amide bonds. The minimum absolute atomic E-state index is 0.265. The van der Waals surface area contributed by atoms with Crippen molar-refractivity contribution in [2.24, 2.45) is 0 Å². The number of aliphatic hydroxyl groups is 1. The van der Waals surface area contributed by atoms with Crippen molar-refractivity contribution in [3.8, 4) is 0 Å². The molecule has 1 atom stereocenters. The largest absolute Gasteiger partial charge is 0.398 e. The zero-order valence-corrected chi connectivity index (χ0v) is 10.5. The van der Waals surface area contributed by atoms with Crippen LogP contribution in [0, 0.1) is 0 Å². The first-order valence-corrected chi connectivity index (χ1v) is 5.94. The highest BCUT2D eigenvalue weighted by molar-refractivity contribution is 6.36. The van der Waals surface area contributed by atoms with Crippen molar-refractivity contribution in [3.63, 3.8) is 0 Å². The Morgan fingerprint density at radius 3 is 2.94 bits per heavy atom. The van der Waals surface area contributed by atoms with Crippen molar-refractivity contribution in [1.82, 2.24) is 5.32 Å². The highest BCUT2D eigenvalue weighted by Gasteiger charge is 2.11. The van der Waals surface area contributed by atoms with Crippen LogP contribution in [0.1, 0.15) is 30.1 Å². The van der Waals surface area contributed by atoms with Crippen LogP contribution in [0.4, 0.5) is 5.69 Å². The third-order valence-electron chi connectivity index (χ3n) is 2.51. The zero-order chi connectivity index (χ0) is 12.8. The molecule has 1 rings (SSSR count). The molecule has 4 N–H and O–H groups in total. The summed E-state index contributed by atoms with van der Waals surface area (Å²) in [5, 5.41) is 12.3. The maximum atomic E-state index is 11.8. The summed E-state index contributed by atoms with van der Waals surface area (Å²) in [5.74, 6) is -0.273. The Kier molecular flexibility index (Phi) is 5.25. The molecular weight excluding hydrogens is 240 g/mol. The summed E-state index contributed by atoms with van der Waals surface area (Å²) in [4.78, 5) is 11.8. The van der Waals surface area contributed by atoms with Gasteiger partial charge in [-0.2, -0.15) is 0 Å². The van der Waals surface area contributed by atoms with E-state index in [0.717, 1.165) is 0 Å². The molecule has 5 heteroatoms. The second-order valence-corrected chi connectivity index (χ2v) is 4.19. The van der Waals surface area contributed by atoms with E-state index in [-0.39, 0.29) is 17.0 Å². The molecule has 1 aromatic carbocycles. The van der Waals surface area contributed by atoms with Gasteiger partial charge in [-0.1, -0.05) is 24.6 Å². The molecular formula is C12H17ClN2O2. The first-order chi connectivity index (χ1) is 8.06. The predicted octanol–water partition coefficient (Wildman–Crippen LogP) is 1.81.